The molecule has 0 spiro atoms. The van der Waals surface area contributed by atoms with E-state index < -0.39 is 0 Å². The molecule has 0 radical (unpaired) electrons. The molecule has 0 N–H and O–H groups in total. The van der Waals surface area contributed by atoms with Crippen LogP contribution in [0.5, 0.6) is 0 Å². The highest BCUT2D eigenvalue weighted by molar-refractivity contribution is 9.10. The first-order chi connectivity index (χ1) is 34.8. The van der Waals surface area contributed by atoms with Crippen molar-refractivity contribution in [1.29, 1.82) is 0 Å². The van der Waals surface area contributed by atoms with Gasteiger partial charge in [0.25, 0.3) is 5.69 Å². The summed E-state index contributed by atoms with van der Waals surface area (Å²) in [6.07, 6.45) is 1.02. The molecule has 3 nitrogen and oxygen atoms in total. The van der Waals surface area contributed by atoms with Crippen molar-refractivity contribution in [1.82, 2.24) is 0 Å². The standard InChI is InChI=1S/C34H23Br.C33H22BrNO2/c1-34(2)32-17-27-20(13-19-11-12-21(35)15-26(19)27)14-30(32)31-16-28-24-9-5-3-7-22(24)23-8-4-6-10-25(23)29(28)18-33(31)34;1-33(2)30-15-19(26-16-20(34)12-14-32(26)35(36)37)11-13-25(30)29-17-27-23-9-5-3-7-21(23)22-8-4-6-10-24(22)28(27)18-31(29)33/h3-12,14-18H,13H2,1-2H3;3-18H,1-2H3. The summed E-state index contributed by atoms with van der Waals surface area (Å²) in [6.45, 7) is 9.31. The predicted molar refractivity (Wildman–Crippen MR) is 309 cm³/mol. The Bertz CT molecular complexity index is 4430. The van der Waals surface area contributed by atoms with Gasteiger partial charge in [-0.2, -0.15) is 0 Å². The maximum absolute atomic E-state index is 11.8. The summed E-state index contributed by atoms with van der Waals surface area (Å²) < 4.78 is 1.97. The Morgan fingerprint density at radius 3 is 1.25 bits per heavy atom. The number of hydrogen-bond acceptors (Lipinski definition) is 2. The van der Waals surface area contributed by atoms with Crippen LogP contribution in [0.4, 0.5) is 5.69 Å². The smallest absolute Gasteiger partial charge is 0.258 e. The molecular weight excluding hydrogens is 1010 g/mol. The second kappa shape index (κ2) is 15.5. The van der Waals surface area contributed by atoms with Crippen LogP contribution in [0.15, 0.2) is 197 Å². The van der Waals surface area contributed by atoms with Gasteiger partial charge >= 0.3 is 0 Å². The molecule has 12 aromatic carbocycles. The van der Waals surface area contributed by atoms with E-state index in [1.54, 1.807) is 12.1 Å². The number of nitrogens with zero attached hydrogens (tertiary/aromatic N) is 1. The van der Waals surface area contributed by atoms with E-state index >= 15 is 0 Å². The molecule has 3 aliphatic rings. The van der Waals surface area contributed by atoms with E-state index in [9.17, 15) is 10.1 Å². The third-order valence-corrected chi connectivity index (χ3v) is 17.5. The van der Waals surface area contributed by atoms with E-state index in [4.69, 9.17) is 0 Å². The second-order valence-corrected chi connectivity index (χ2v) is 22.9. The number of rotatable bonds is 2. The topological polar surface area (TPSA) is 43.1 Å². The Morgan fingerprint density at radius 1 is 0.361 bits per heavy atom. The lowest BCUT2D eigenvalue weighted by molar-refractivity contribution is -0.384. The van der Waals surface area contributed by atoms with Crippen molar-refractivity contribution in [2.45, 2.75) is 44.9 Å². The van der Waals surface area contributed by atoms with E-state index in [0.29, 0.717) is 5.56 Å². The highest BCUT2D eigenvalue weighted by Crippen LogP contribution is 2.55. The Kier molecular flexibility index (Phi) is 9.35. The zero-order chi connectivity index (χ0) is 48.9. The fraction of sp³-hybridized carbons (Fsp3) is 0.104. The molecule has 3 aliphatic carbocycles. The summed E-state index contributed by atoms with van der Waals surface area (Å²) in [5.74, 6) is 0. The molecular formula is C67H45Br2NO2. The lowest BCUT2D eigenvalue weighted by Gasteiger charge is -2.23. The fourth-order valence-electron chi connectivity index (χ4n) is 13.0. The SMILES string of the molecule is CC1(C)c2cc(-c3cc(Br)ccc3[N+](=O)[O-])ccc2-c2cc3c4ccccc4c4ccccc4c3cc21.CC1(C)c2cc3c(cc2-c2cc4c5ccccc5c5ccccc5c4cc21)Cc1ccc(Br)cc1-3. The molecule has 15 rings (SSSR count). The molecule has 0 amide bonds. The Labute approximate surface area is 434 Å². The second-order valence-electron chi connectivity index (χ2n) is 21.0. The van der Waals surface area contributed by atoms with Crippen molar-refractivity contribution in [3.63, 3.8) is 0 Å². The third kappa shape index (κ3) is 6.20. The largest absolute Gasteiger partial charge is 0.277 e. The summed E-state index contributed by atoms with van der Waals surface area (Å²) >= 11 is 7.18. The molecule has 0 saturated heterocycles. The van der Waals surface area contributed by atoms with Crippen LogP contribution in [0.2, 0.25) is 0 Å². The van der Waals surface area contributed by atoms with Gasteiger partial charge in [-0.1, -0.05) is 175 Å². The molecule has 0 atom stereocenters. The molecule has 12 aromatic rings. The van der Waals surface area contributed by atoms with Crippen LogP contribution < -0.4 is 0 Å². The van der Waals surface area contributed by atoms with Gasteiger partial charge in [0, 0.05) is 25.8 Å². The van der Waals surface area contributed by atoms with E-state index in [2.05, 4.69) is 223 Å². The van der Waals surface area contributed by atoms with Gasteiger partial charge in [-0.25, -0.2) is 0 Å². The fourth-order valence-corrected chi connectivity index (χ4v) is 13.7. The number of benzene rings is 12. The lowest BCUT2D eigenvalue weighted by atomic mass is 9.80. The molecule has 0 saturated carbocycles. The van der Waals surface area contributed by atoms with E-state index in [0.717, 1.165) is 20.9 Å². The average Bonchev–Trinajstić information content (AvgIpc) is 3.94. The summed E-state index contributed by atoms with van der Waals surface area (Å²) in [7, 11) is 0. The first kappa shape index (κ1) is 43.4. The molecule has 72 heavy (non-hydrogen) atoms. The van der Waals surface area contributed by atoms with E-state index in [1.807, 2.05) is 12.1 Å². The summed E-state index contributed by atoms with van der Waals surface area (Å²) in [4.78, 5) is 11.5. The maximum atomic E-state index is 11.8. The third-order valence-electron chi connectivity index (χ3n) is 16.5. The van der Waals surface area contributed by atoms with Crippen molar-refractivity contribution in [3.8, 4) is 44.5 Å². The van der Waals surface area contributed by atoms with Gasteiger partial charge in [-0.15, -0.1) is 0 Å². The highest BCUT2D eigenvalue weighted by atomic mass is 79.9. The molecule has 5 heteroatoms. The van der Waals surface area contributed by atoms with Crippen LogP contribution in [0.25, 0.3) is 109 Å². The van der Waals surface area contributed by atoms with Crippen molar-refractivity contribution in [2.75, 3.05) is 0 Å². The monoisotopic (exact) mass is 1050 g/mol. The summed E-state index contributed by atoms with van der Waals surface area (Å²) in [6, 6.07) is 67.9. The molecule has 0 bridgehead atoms. The highest BCUT2D eigenvalue weighted by Gasteiger charge is 2.39. The maximum Gasteiger partial charge on any atom is 0.277 e. The number of nitro groups is 1. The molecule has 0 unspecified atom stereocenters. The van der Waals surface area contributed by atoms with Crippen molar-refractivity contribution < 1.29 is 4.92 Å². The van der Waals surface area contributed by atoms with Crippen LogP contribution in [0.3, 0.4) is 0 Å². The first-order valence-electron chi connectivity index (χ1n) is 24.7. The van der Waals surface area contributed by atoms with Crippen LogP contribution in [-0.4, -0.2) is 4.92 Å². The van der Waals surface area contributed by atoms with E-state index in [1.165, 1.54) is 131 Å². The molecule has 0 fully saturated rings. The predicted octanol–water partition coefficient (Wildman–Crippen LogP) is 19.6. The van der Waals surface area contributed by atoms with Gasteiger partial charge in [-0.3, -0.25) is 10.1 Å². The van der Waals surface area contributed by atoms with E-state index in [-0.39, 0.29) is 21.4 Å². The number of hydrogen-bond donors (Lipinski definition) is 0. The van der Waals surface area contributed by atoms with Gasteiger partial charge in [0.15, 0.2) is 0 Å². The minimum atomic E-state index is -0.308. The molecule has 344 valence electrons. The number of nitro benzene ring substituents is 1. The average molecular weight is 1060 g/mol. The summed E-state index contributed by atoms with van der Waals surface area (Å²) in [5, 5.41) is 27.4. The Morgan fingerprint density at radius 2 is 0.750 bits per heavy atom. The van der Waals surface area contributed by atoms with Gasteiger partial charge in [-0.05, 0) is 210 Å². The van der Waals surface area contributed by atoms with Crippen LogP contribution in [0.1, 0.15) is 61.1 Å². The number of halogens is 2. The molecule has 0 heterocycles. The van der Waals surface area contributed by atoms with Gasteiger partial charge in [0.1, 0.15) is 0 Å². The van der Waals surface area contributed by atoms with Gasteiger partial charge in [0.2, 0.25) is 0 Å². The van der Waals surface area contributed by atoms with Crippen LogP contribution in [0, 0.1) is 10.1 Å². The van der Waals surface area contributed by atoms with Crippen molar-refractivity contribution in [3.05, 3.63) is 240 Å². The first-order valence-corrected chi connectivity index (χ1v) is 26.2. The Hall–Kier alpha value is -7.44. The molecule has 0 aliphatic heterocycles. The Balaban J connectivity index is 0.000000134. The number of fused-ring (bicyclic) bond motifs is 21. The van der Waals surface area contributed by atoms with Crippen LogP contribution in [-0.2, 0) is 17.3 Å². The minimum absolute atomic E-state index is 0.0462. The lowest BCUT2D eigenvalue weighted by Crippen LogP contribution is -2.15. The zero-order valence-electron chi connectivity index (χ0n) is 40.1. The van der Waals surface area contributed by atoms with Crippen molar-refractivity contribution >= 4 is 102 Å². The quantitative estimate of drug-likeness (QED) is 0.0984. The molecule has 0 aromatic heterocycles. The van der Waals surface area contributed by atoms with Gasteiger partial charge in [0.05, 0.1) is 10.5 Å². The van der Waals surface area contributed by atoms with Gasteiger partial charge < -0.3 is 0 Å². The van der Waals surface area contributed by atoms with Crippen LogP contribution >= 0.6 is 31.9 Å². The minimum Gasteiger partial charge on any atom is -0.258 e. The zero-order valence-corrected chi connectivity index (χ0v) is 43.3. The van der Waals surface area contributed by atoms with Crippen molar-refractivity contribution in [2.24, 2.45) is 0 Å². The normalized spacial score (nSPS) is 14.2. The summed E-state index contributed by atoms with van der Waals surface area (Å²) in [5.41, 5.74) is 17.6.